The summed E-state index contributed by atoms with van der Waals surface area (Å²) in [5.74, 6) is 0. The number of nitrogens with zero attached hydrogens (tertiary/aromatic N) is 2. The lowest BCUT2D eigenvalue weighted by Crippen LogP contribution is -2.21. The molecule has 0 bridgehead atoms. The van der Waals surface area contributed by atoms with Gasteiger partial charge in [0, 0.05) is 11.8 Å². The van der Waals surface area contributed by atoms with Crippen molar-refractivity contribution >= 4 is 0 Å². The van der Waals surface area contributed by atoms with Crippen LogP contribution in [-0.2, 0) is 0 Å². The first-order valence-corrected chi connectivity index (χ1v) is 7.27. The van der Waals surface area contributed by atoms with Gasteiger partial charge in [-0.25, -0.2) is 4.68 Å². The van der Waals surface area contributed by atoms with E-state index in [2.05, 4.69) is 59.9 Å². The third kappa shape index (κ3) is 3.03. The molecule has 1 N–H and O–H groups in total. The standard InChI is InChI=1S/C18H19N3/c1-2-19-18(15-9-5-3-6-10-15)16-13-20-21(14-16)17-11-7-4-8-12-17/h3-14,18-19H,2H2,1H3. The van der Waals surface area contributed by atoms with Gasteiger partial charge in [0.1, 0.15) is 0 Å². The van der Waals surface area contributed by atoms with Crippen molar-refractivity contribution in [1.82, 2.24) is 15.1 Å². The predicted molar refractivity (Wildman–Crippen MR) is 85.5 cm³/mol. The molecule has 0 amide bonds. The van der Waals surface area contributed by atoms with Crippen LogP contribution in [0.15, 0.2) is 73.1 Å². The zero-order chi connectivity index (χ0) is 14.5. The fraction of sp³-hybridized carbons (Fsp3) is 0.167. The van der Waals surface area contributed by atoms with Gasteiger partial charge in [0.25, 0.3) is 0 Å². The molecule has 106 valence electrons. The minimum absolute atomic E-state index is 0.175. The van der Waals surface area contributed by atoms with Crippen LogP contribution >= 0.6 is 0 Å². The summed E-state index contributed by atoms with van der Waals surface area (Å²) >= 11 is 0. The number of hydrogen-bond acceptors (Lipinski definition) is 2. The van der Waals surface area contributed by atoms with Crippen molar-refractivity contribution in [2.24, 2.45) is 0 Å². The fourth-order valence-electron chi connectivity index (χ4n) is 2.49. The summed E-state index contributed by atoms with van der Waals surface area (Å²) in [7, 11) is 0. The van der Waals surface area contributed by atoms with E-state index in [0.29, 0.717) is 0 Å². The predicted octanol–water partition coefficient (Wildman–Crippen LogP) is 3.57. The molecule has 0 aliphatic heterocycles. The quantitative estimate of drug-likeness (QED) is 0.772. The second kappa shape index (κ2) is 6.37. The highest BCUT2D eigenvalue weighted by atomic mass is 15.3. The number of nitrogens with one attached hydrogen (secondary N) is 1. The molecule has 0 aliphatic carbocycles. The van der Waals surface area contributed by atoms with Gasteiger partial charge < -0.3 is 5.32 Å². The van der Waals surface area contributed by atoms with E-state index < -0.39 is 0 Å². The Labute approximate surface area is 125 Å². The van der Waals surface area contributed by atoms with E-state index in [1.807, 2.05) is 35.1 Å². The third-order valence-electron chi connectivity index (χ3n) is 3.50. The Bertz CT molecular complexity index is 674. The molecular weight excluding hydrogens is 258 g/mol. The van der Waals surface area contributed by atoms with Crippen molar-refractivity contribution in [1.29, 1.82) is 0 Å². The Morgan fingerprint density at radius 2 is 1.62 bits per heavy atom. The van der Waals surface area contributed by atoms with Crippen LogP contribution in [0.2, 0.25) is 0 Å². The molecule has 0 fully saturated rings. The van der Waals surface area contributed by atoms with E-state index in [4.69, 9.17) is 0 Å². The third-order valence-corrected chi connectivity index (χ3v) is 3.50. The normalized spacial score (nSPS) is 12.2. The summed E-state index contributed by atoms with van der Waals surface area (Å²) in [6, 6.07) is 20.8. The second-order valence-electron chi connectivity index (χ2n) is 4.96. The Morgan fingerprint density at radius 3 is 2.29 bits per heavy atom. The summed E-state index contributed by atoms with van der Waals surface area (Å²) in [5, 5.41) is 8.02. The molecule has 2 aromatic carbocycles. The molecule has 3 heteroatoms. The van der Waals surface area contributed by atoms with Crippen molar-refractivity contribution in [2.75, 3.05) is 6.54 Å². The van der Waals surface area contributed by atoms with Gasteiger partial charge >= 0.3 is 0 Å². The van der Waals surface area contributed by atoms with Gasteiger partial charge in [0.2, 0.25) is 0 Å². The van der Waals surface area contributed by atoms with Crippen LogP contribution < -0.4 is 5.32 Å². The van der Waals surface area contributed by atoms with Crippen LogP contribution in [0.1, 0.15) is 24.1 Å². The molecule has 1 aromatic heterocycles. The number of hydrogen-bond donors (Lipinski definition) is 1. The van der Waals surface area contributed by atoms with Crippen LogP contribution in [0.3, 0.4) is 0 Å². The molecule has 0 radical (unpaired) electrons. The lowest BCUT2D eigenvalue weighted by Gasteiger charge is -2.16. The molecule has 1 atom stereocenters. The van der Waals surface area contributed by atoms with E-state index in [0.717, 1.165) is 12.2 Å². The van der Waals surface area contributed by atoms with E-state index in [-0.39, 0.29) is 6.04 Å². The molecule has 1 unspecified atom stereocenters. The minimum atomic E-state index is 0.175. The summed E-state index contributed by atoms with van der Waals surface area (Å²) in [5.41, 5.74) is 3.51. The van der Waals surface area contributed by atoms with Crippen LogP contribution in [0, 0.1) is 0 Å². The molecule has 0 saturated heterocycles. The number of aromatic nitrogens is 2. The van der Waals surface area contributed by atoms with Crippen molar-refractivity contribution in [3.63, 3.8) is 0 Å². The lowest BCUT2D eigenvalue weighted by atomic mass is 10.0. The van der Waals surface area contributed by atoms with Crippen LogP contribution in [0.5, 0.6) is 0 Å². The van der Waals surface area contributed by atoms with Gasteiger partial charge in [-0.3, -0.25) is 0 Å². The molecule has 0 spiro atoms. The monoisotopic (exact) mass is 277 g/mol. The van der Waals surface area contributed by atoms with Gasteiger partial charge in [0.05, 0.1) is 17.9 Å². The molecule has 3 aromatic rings. The summed E-state index contributed by atoms with van der Waals surface area (Å²) in [6.45, 7) is 3.04. The average Bonchev–Trinajstić information content (AvgIpc) is 3.04. The van der Waals surface area contributed by atoms with Gasteiger partial charge in [-0.05, 0) is 24.2 Å². The van der Waals surface area contributed by atoms with Crippen molar-refractivity contribution in [2.45, 2.75) is 13.0 Å². The Morgan fingerprint density at radius 1 is 0.952 bits per heavy atom. The van der Waals surface area contributed by atoms with Crippen molar-refractivity contribution in [3.05, 3.63) is 84.2 Å². The highest BCUT2D eigenvalue weighted by molar-refractivity contribution is 5.34. The largest absolute Gasteiger partial charge is 0.306 e. The molecule has 0 saturated carbocycles. The highest BCUT2D eigenvalue weighted by Gasteiger charge is 2.14. The Kier molecular flexibility index (Phi) is 4.12. The van der Waals surface area contributed by atoms with E-state index >= 15 is 0 Å². The maximum atomic E-state index is 4.49. The van der Waals surface area contributed by atoms with Crippen molar-refractivity contribution in [3.8, 4) is 5.69 Å². The number of para-hydroxylation sites is 1. The maximum Gasteiger partial charge on any atom is 0.0645 e. The first kappa shape index (κ1) is 13.6. The Hall–Kier alpha value is -2.39. The van der Waals surface area contributed by atoms with E-state index in [1.54, 1.807) is 0 Å². The summed E-state index contributed by atoms with van der Waals surface area (Å²) in [4.78, 5) is 0. The van der Waals surface area contributed by atoms with Crippen LogP contribution in [-0.4, -0.2) is 16.3 Å². The van der Waals surface area contributed by atoms with Gasteiger partial charge in [-0.1, -0.05) is 55.5 Å². The second-order valence-corrected chi connectivity index (χ2v) is 4.96. The number of rotatable bonds is 5. The minimum Gasteiger partial charge on any atom is -0.306 e. The van der Waals surface area contributed by atoms with Crippen LogP contribution in [0.4, 0.5) is 0 Å². The van der Waals surface area contributed by atoms with Crippen molar-refractivity contribution < 1.29 is 0 Å². The fourth-order valence-corrected chi connectivity index (χ4v) is 2.49. The molecule has 3 nitrogen and oxygen atoms in total. The van der Waals surface area contributed by atoms with E-state index in [9.17, 15) is 0 Å². The zero-order valence-electron chi connectivity index (χ0n) is 12.1. The molecule has 0 aliphatic rings. The average molecular weight is 277 g/mol. The van der Waals surface area contributed by atoms with E-state index in [1.165, 1.54) is 11.1 Å². The van der Waals surface area contributed by atoms with Gasteiger partial charge in [-0.15, -0.1) is 0 Å². The molecule has 21 heavy (non-hydrogen) atoms. The zero-order valence-corrected chi connectivity index (χ0v) is 12.1. The maximum absolute atomic E-state index is 4.49. The SMILES string of the molecule is CCNC(c1ccccc1)c1cnn(-c2ccccc2)c1. The highest BCUT2D eigenvalue weighted by Crippen LogP contribution is 2.22. The summed E-state index contributed by atoms with van der Waals surface area (Å²) < 4.78 is 1.92. The van der Waals surface area contributed by atoms with Gasteiger partial charge in [-0.2, -0.15) is 5.10 Å². The number of benzene rings is 2. The van der Waals surface area contributed by atoms with Crippen LogP contribution in [0.25, 0.3) is 5.69 Å². The Balaban J connectivity index is 1.93. The molecular formula is C18H19N3. The topological polar surface area (TPSA) is 29.9 Å². The smallest absolute Gasteiger partial charge is 0.0645 e. The first-order valence-electron chi connectivity index (χ1n) is 7.27. The first-order chi connectivity index (χ1) is 10.4. The lowest BCUT2D eigenvalue weighted by molar-refractivity contribution is 0.630. The van der Waals surface area contributed by atoms with Gasteiger partial charge in [0.15, 0.2) is 0 Å². The molecule has 1 heterocycles. The molecule has 3 rings (SSSR count). The summed E-state index contributed by atoms with van der Waals surface area (Å²) in [6.07, 6.45) is 4.03.